The largest absolute Gasteiger partial charge is 0.472 e. The first-order chi connectivity index (χ1) is 54.8. The topological polar surface area (TPSA) is 704 Å². The number of aromatic amines is 6. The highest BCUT2D eigenvalue weighted by atomic mass is 31.2. The van der Waals surface area contributed by atoms with Crippen LogP contribution < -0.4 is 67.5 Å². The average Bonchev–Trinajstić information content (AvgIpc) is 1.67. The van der Waals surface area contributed by atoms with Crippen LogP contribution in [0, 0.1) is 41.5 Å². The van der Waals surface area contributed by atoms with Crippen LogP contribution in [0.15, 0.2) is 94.7 Å². The van der Waals surface area contributed by atoms with Crippen molar-refractivity contribution in [3.05, 3.63) is 196 Å². The molecule has 13 N–H and O–H groups in total. The lowest BCUT2D eigenvalue weighted by molar-refractivity contribution is -0.0658. The van der Waals surface area contributed by atoms with Gasteiger partial charge in [-0.1, -0.05) is 0 Å². The first-order valence-electron chi connectivity index (χ1n) is 35.2. The molecule has 0 amide bonds. The fourth-order valence-electron chi connectivity index (χ4n) is 13.4. The molecule has 0 radical (unpaired) electrons. The highest BCUT2D eigenvalue weighted by Gasteiger charge is 2.51. The van der Waals surface area contributed by atoms with Gasteiger partial charge in [0, 0.05) is 109 Å². The lowest BCUT2D eigenvalue weighted by Gasteiger charge is -2.26. The van der Waals surface area contributed by atoms with Crippen molar-refractivity contribution in [1.29, 1.82) is 0 Å². The molecule has 6 fully saturated rings. The van der Waals surface area contributed by atoms with Crippen molar-refractivity contribution in [2.45, 2.75) is 191 Å². The van der Waals surface area contributed by atoms with Crippen LogP contribution in [-0.4, -0.2) is 205 Å². The van der Waals surface area contributed by atoms with E-state index in [1.54, 1.807) is 0 Å². The number of ether oxygens (including phenoxy) is 6. The maximum absolute atomic E-state index is 14.3. The molecule has 6 aromatic rings. The van der Waals surface area contributed by atoms with E-state index in [1.807, 2.05) is 9.97 Å². The molecule has 57 heteroatoms. The number of hydrogen-bond donors (Lipinski definition) is 13. The number of nitrogens with one attached hydrogen (secondary N) is 6. The number of aliphatic hydroxyl groups excluding tert-OH is 2. The Morgan fingerprint density at radius 2 is 0.479 bits per heavy atom. The van der Waals surface area contributed by atoms with Crippen molar-refractivity contribution in [2.24, 2.45) is 0 Å². The van der Waals surface area contributed by atoms with Gasteiger partial charge in [0.25, 0.3) is 33.4 Å². The zero-order chi connectivity index (χ0) is 85.0. The van der Waals surface area contributed by atoms with E-state index in [9.17, 15) is 115 Å². The second kappa shape index (κ2) is 35.2. The molecule has 0 saturated carbocycles. The normalized spacial score (nSPS) is 30.0. The Labute approximate surface area is 651 Å². The van der Waals surface area contributed by atoms with E-state index in [0.29, 0.717) is 0 Å². The molecule has 6 aliphatic heterocycles. The van der Waals surface area contributed by atoms with Crippen LogP contribution in [0.25, 0.3) is 0 Å². The second-order valence-electron chi connectivity index (χ2n) is 27.9. The lowest BCUT2D eigenvalue weighted by Crippen LogP contribution is -2.33. The van der Waals surface area contributed by atoms with Gasteiger partial charge in [0.05, 0.1) is 45.7 Å². The number of hydrogen-bond acceptors (Lipinski definition) is 35. The second-order valence-corrected chi connectivity index (χ2v) is 34.9. The first kappa shape index (κ1) is 88.6. The van der Waals surface area contributed by atoms with Crippen LogP contribution >= 0.6 is 39.1 Å². The van der Waals surface area contributed by atoms with E-state index in [0.717, 1.165) is 58.4 Å². The Bertz CT molecular complexity index is 5790. The quantitative estimate of drug-likeness (QED) is 0.0184. The van der Waals surface area contributed by atoms with E-state index in [-0.39, 0.29) is 46.2 Å². The number of phosphoric ester groups is 5. The van der Waals surface area contributed by atoms with Crippen molar-refractivity contribution in [2.75, 3.05) is 39.6 Å². The number of aliphatic hydroxyl groups is 2. The van der Waals surface area contributed by atoms with Gasteiger partial charge < -0.3 is 63.1 Å². The van der Waals surface area contributed by atoms with Crippen LogP contribution in [0.2, 0.25) is 0 Å². The van der Waals surface area contributed by atoms with E-state index < -0.39 is 283 Å². The minimum Gasteiger partial charge on any atom is -0.394 e. The molecular weight excluding hydrogens is 1680 g/mol. The summed E-state index contributed by atoms with van der Waals surface area (Å²) in [5, 5.41) is 20.9. The number of H-pyrrole nitrogens is 6. The minimum atomic E-state index is -5.71. The third kappa shape index (κ3) is 21.0. The number of aromatic nitrogens is 12. The number of nitrogens with zero attached hydrogens (tertiary/aromatic N) is 6. The smallest absolute Gasteiger partial charge is 0.394 e. The van der Waals surface area contributed by atoms with Crippen molar-refractivity contribution >= 4 is 39.1 Å². The Balaban J connectivity index is 0.739. The van der Waals surface area contributed by atoms with Crippen LogP contribution in [0.4, 0.5) is 0 Å². The van der Waals surface area contributed by atoms with Gasteiger partial charge in [-0.05, 0) is 41.5 Å². The van der Waals surface area contributed by atoms with Gasteiger partial charge in [0.1, 0.15) is 105 Å². The molecule has 6 aromatic heterocycles. The van der Waals surface area contributed by atoms with Gasteiger partial charge in [-0.15, -0.1) is 0 Å². The lowest BCUT2D eigenvalue weighted by atomic mass is 10.2. The molecule has 0 spiro atoms. The van der Waals surface area contributed by atoms with Crippen LogP contribution in [0.5, 0.6) is 0 Å². The predicted octanol–water partition coefficient (Wildman–Crippen LogP) is -3.27. The Kier molecular flexibility index (Phi) is 26.6. The third-order valence-electron chi connectivity index (χ3n) is 19.4. The highest BCUT2D eigenvalue weighted by molar-refractivity contribution is 7.48. The van der Waals surface area contributed by atoms with E-state index in [2.05, 4.69) is 19.9 Å². The molecule has 12 heterocycles. The molecule has 117 heavy (non-hydrogen) atoms. The summed E-state index contributed by atoms with van der Waals surface area (Å²) >= 11 is 0. The maximum atomic E-state index is 14.3. The van der Waals surface area contributed by atoms with E-state index >= 15 is 0 Å². The van der Waals surface area contributed by atoms with Gasteiger partial charge >= 0.3 is 73.3 Å². The Hall–Kier alpha value is -7.69. The van der Waals surface area contributed by atoms with Gasteiger partial charge in [-0.25, -0.2) is 51.6 Å². The Morgan fingerprint density at radius 3 is 0.684 bits per heavy atom. The summed E-state index contributed by atoms with van der Waals surface area (Å²) in [5.74, 6) is 0. The van der Waals surface area contributed by atoms with Gasteiger partial charge in [0.15, 0.2) is 0 Å². The summed E-state index contributed by atoms with van der Waals surface area (Å²) in [7, 11) is -27.7. The van der Waals surface area contributed by atoms with Crippen molar-refractivity contribution in [3.8, 4) is 0 Å². The first-order valence-corrected chi connectivity index (χ1v) is 42.7. The molecule has 6 aliphatic rings. The summed E-state index contributed by atoms with van der Waals surface area (Å²) < 4.78 is 165. The fraction of sp³-hybridized carbons (Fsp3) is 0.600. The summed E-state index contributed by atoms with van der Waals surface area (Å²) in [5.41, 5.74) is -10.9. The van der Waals surface area contributed by atoms with Crippen LogP contribution in [0.3, 0.4) is 0 Å². The van der Waals surface area contributed by atoms with E-state index in [4.69, 9.17) is 73.7 Å². The molecule has 23 atom stereocenters. The molecule has 6 saturated heterocycles. The number of phosphoric acid groups is 5. The molecule has 0 aliphatic carbocycles. The maximum Gasteiger partial charge on any atom is 0.472 e. The highest BCUT2D eigenvalue weighted by Crippen LogP contribution is 2.56. The Morgan fingerprint density at radius 1 is 0.308 bits per heavy atom. The van der Waals surface area contributed by atoms with E-state index in [1.165, 1.54) is 47.7 Å². The van der Waals surface area contributed by atoms with Crippen molar-refractivity contribution in [1.82, 2.24) is 57.3 Å². The number of aryl methyl sites for hydroxylation is 6. The molecule has 52 nitrogen and oxygen atoms in total. The zero-order valence-corrected chi connectivity index (χ0v) is 66.3. The molecule has 644 valence electrons. The van der Waals surface area contributed by atoms with Gasteiger partial charge in [0.2, 0.25) is 0 Å². The van der Waals surface area contributed by atoms with Crippen molar-refractivity contribution in [3.63, 3.8) is 0 Å². The summed E-state index contributed by atoms with van der Waals surface area (Å²) in [6, 6.07) is 0. The van der Waals surface area contributed by atoms with Crippen LogP contribution in [0.1, 0.15) is 109 Å². The fourth-order valence-corrected chi connectivity index (χ4v) is 18.2. The molecule has 12 rings (SSSR count). The van der Waals surface area contributed by atoms with Gasteiger partial charge in [-0.2, -0.15) is 0 Å². The summed E-state index contributed by atoms with van der Waals surface area (Å²) in [6.07, 6.45) is -25.6. The SMILES string of the molecule is Cc1cn(C2CC(O)C(COP(=O)(O)OC3CC(n4cc(C)c(=O)[nH]c4=O)OC3COP(=O)(O)OC3CC(n4cc(C)c(=O)[nH]c4=O)OC3COP(=O)(O)OC3CC(n4cc(C)c(=O)[nH]c4=O)OC3COP(=O)(O)OC3CC(n4cc(C)c(=O)[nH]c4=O)OC3COP(=O)(O)OC3CC(n4cc(C)c(=O)[nH]c4=O)OC3CO)O2)c(=O)[nH]c1=O. The molecular formula is C60H79N12O40P5. The monoisotopic (exact) mass is 1760 g/mol. The number of rotatable bonds is 32. The minimum absolute atomic E-state index is 0.0276. The zero-order valence-electron chi connectivity index (χ0n) is 61.9. The molecule has 0 bridgehead atoms. The predicted molar refractivity (Wildman–Crippen MR) is 384 cm³/mol. The molecule has 23 unspecified atom stereocenters. The van der Waals surface area contributed by atoms with Crippen molar-refractivity contribution < 1.29 is 131 Å². The van der Waals surface area contributed by atoms with Gasteiger partial charge in [-0.3, -0.25) is 131 Å². The summed E-state index contributed by atoms with van der Waals surface area (Å²) in [4.78, 5) is 221. The molecule has 0 aromatic carbocycles. The average molecular weight is 1760 g/mol. The standard InChI is InChI=1S/C60H79N12O40P5/c1-25-13-67(55(81)61-49(25)75)43-7-31(74)38(103-43)20-97-113(87,88)109-33-9-45(69-15-27(3)51(77)63-57(69)83)105-40(33)22-99-115(91,92)111-35-11-47(71-17-29(5)53(79)65-59(71)85)107-42(35)24-101-117(95,96)112-36-12-48(72-18-30(6)54(80)66-60(72)86)106-41(36)23-100-116(93,94)110-34-10-46(70-16-28(4)52(78)64-58(70)84)104-39(34)21-98-114(89,90)108-32-8-44(102-37(32)19-73)68-14-26(2)50(76)62-56(68)82/h13-18,31-48,73-74H,7-12,19-24H2,1-6H3,(H,87,88)(H,89,90)(H,91,92)(H,93,94)(H,95,96)(H,61,75,81)(H,62,76,82)(H,63,77,83)(H,64,78,84)(H,65,79,85)(H,66,80,86). The summed E-state index contributed by atoms with van der Waals surface area (Å²) in [6.45, 7) is 1.64. The third-order valence-corrected chi connectivity index (χ3v) is 24.4. The van der Waals surface area contributed by atoms with Crippen LogP contribution in [-0.2, 0) is 96.5 Å².